The van der Waals surface area contributed by atoms with Crippen molar-refractivity contribution in [3.63, 3.8) is 0 Å². The lowest BCUT2D eigenvalue weighted by atomic mass is 10.2. The van der Waals surface area contributed by atoms with Crippen LogP contribution >= 0.6 is 11.8 Å². The molecule has 0 bridgehead atoms. The average molecular weight is 234 g/mol. The van der Waals surface area contributed by atoms with Crippen molar-refractivity contribution in [2.24, 2.45) is 7.05 Å². The highest BCUT2D eigenvalue weighted by molar-refractivity contribution is 7.98. The summed E-state index contributed by atoms with van der Waals surface area (Å²) in [5.41, 5.74) is 2.70. The third-order valence-corrected chi connectivity index (χ3v) is 3.39. The smallest absolute Gasteiger partial charge is 0.0481 e. The van der Waals surface area contributed by atoms with Crippen LogP contribution in [0.3, 0.4) is 0 Å². The van der Waals surface area contributed by atoms with Crippen molar-refractivity contribution in [2.75, 3.05) is 18.6 Å². The van der Waals surface area contributed by atoms with Gasteiger partial charge in [-0.25, -0.2) is 0 Å². The molecule has 0 unspecified atom stereocenters. The predicted molar refractivity (Wildman–Crippen MR) is 73.0 cm³/mol. The number of hydrogen-bond acceptors (Lipinski definition) is 2. The first-order chi connectivity index (χ1) is 7.83. The lowest BCUT2D eigenvalue weighted by molar-refractivity contribution is 0.733. The Morgan fingerprint density at radius 2 is 2.12 bits per heavy atom. The average Bonchev–Trinajstić information content (AvgIpc) is 2.63. The second-order valence-electron chi connectivity index (χ2n) is 3.95. The summed E-state index contributed by atoms with van der Waals surface area (Å²) in [6.07, 6.45) is 4.36. The Balaban J connectivity index is 2.12. The molecule has 86 valence electrons. The highest BCUT2D eigenvalue weighted by atomic mass is 32.2. The minimum absolute atomic E-state index is 0.960. The molecule has 2 nitrogen and oxygen atoms in total. The molecule has 2 rings (SSSR count). The lowest BCUT2D eigenvalue weighted by Crippen LogP contribution is -2.16. The van der Waals surface area contributed by atoms with E-state index in [1.165, 1.54) is 22.2 Å². The number of fused-ring (bicyclic) bond motifs is 1. The van der Waals surface area contributed by atoms with E-state index >= 15 is 0 Å². The van der Waals surface area contributed by atoms with E-state index in [4.69, 9.17) is 0 Å². The SMILES string of the molecule is CSCCNCc1cn(C)c2ccccc12. The highest BCUT2D eigenvalue weighted by Gasteiger charge is 2.04. The van der Waals surface area contributed by atoms with Gasteiger partial charge in [0.05, 0.1) is 0 Å². The fourth-order valence-electron chi connectivity index (χ4n) is 1.96. The van der Waals surface area contributed by atoms with Crippen LogP contribution < -0.4 is 5.32 Å². The van der Waals surface area contributed by atoms with Crippen LogP contribution in [0, 0.1) is 0 Å². The fourth-order valence-corrected chi connectivity index (χ4v) is 2.31. The van der Waals surface area contributed by atoms with Crippen LogP contribution in [0.2, 0.25) is 0 Å². The Hall–Kier alpha value is -0.930. The minimum Gasteiger partial charge on any atom is -0.350 e. The summed E-state index contributed by atoms with van der Waals surface area (Å²) >= 11 is 1.88. The van der Waals surface area contributed by atoms with Crippen molar-refractivity contribution in [2.45, 2.75) is 6.54 Å². The van der Waals surface area contributed by atoms with Crippen LogP contribution in [-0.2, 0) is 13.6 Å². The Labute approximate surface area is 101 Å². The van der Waals surface area contributed by atoms with Gasteiger partial charge in [0.2, 0.25) is 0 Å². The molecule has 0 amide bonds. The van der Waals surface area contributed by atoms with Crippen LogP contribution in [0.5, 0.6) is 0 Å². The molecule has 0 aliphatic rings. The molecule has 16 heavy (non-hydrogen) atoms. The first kappa shape index (κ1) is 11.6. The van der Waals surface area contributed by atoms with Crippen LogP contribution in [0.15, 0.2) is 30.5 Å². The normalized spacial score (nSPS) is 11.1. The highest BCUT2D eigenvalue weighted by Crippen LogP contribution is 2.19. The number of benzene rings is 1. The van der Waals surface area contributed by atoms with Gasteiger partial charge in [-0.3, -0.25) is 0 Å². The summed E-state index contributed by atoms with van der Waals surface area (Å²) in [6.45, 7) is 2.03. The summed E-state index contributed by atoms with van der Waals surface area (Å²) in [6, 6.07) is 8.56. The van der Waals surface area contributed by atoms with Gasteiger partial charge in [-0.2, -0.15) is 11.8 Å². The van der Waals surface area contributed by atoms with Gasteiger partial charge >= 0.3 is 0 Å². The maximum atomic E-state index is 3.47. The van der Waals surface area contributed by atoms with Crippen LogP contribution in [0.4, 0.5) is 0 Å². The van der Waals surface area contributed by atoms with Crippen molar-refractivity contribution in [1.29, 1.82) is 0 Å². The molecule has 0 saturated carbocycles. The third kappa shape index (κ3) is 2.42. The molecule has 1 aromatic heterocycles. The number of nitrogens with one attached hydrogen (secondary N) is 1. The number of aromatic nitrogens is 1. The molecule has 0 aliphatic carbocycles. The lowest BCUT2D eigenvalue weighted by Gasteiger charge is -2.01. The molecule has 1 N–H and O–H groups in total. The molecular weight excluding hydrogens is 216 g/mol. The van der Waals surface area contributed by atoms with Gasteiger partial charge in [-0.15, -0.1) is 0 Å². The van der Waals surface area contributed by atoms with E-state index < -0.39 is 0 Å². The maximum absolute atomic E-state index is 3.47. The quantitative estimate of drug-likeness (QED) is 0.801. The molecule has 0 atom stereocenters. The predicted octanol–water partition coefficient (Wildman–Crippen LogP) is 2.63. The molecular formula is C13H18N2S. The van der Waals surface area contributed by atoms with Crippen LogP contribution in [0.1, 0.15) is 5.56 Å². The molecule has 2 aromatic rings. The molecule has 0 radical (unpaired) electrons. The van der Waals surface area contributed by atoms with Gasteiger partial charge in [-0.05, 0) is 17.9 Å². The summed E-state index contributed by atoms with van der Waals surface area (Å²) in [5.74, 6) is 1.17. The van der Waals surface area contributed by atoms with Crippen LogP contribution in [-0.4, -0.2) is 23.1 Å². The van der Waals surface area contributed by atoms with E-state index in [0.717, 1.165) is 13.1 Å². The number of para-hydroxylation sites is 1. The van der Waals surface area contributed by atoms with E-state index in [2.05, 4.69) is 53.6 Å². The third-order valence-electron chi connectivity index (χ3n) is 2.78. The zero-order chi connectivity index (χ0) is 11.4. The van der Waals surface area contributed by atoms with Gasteiger partial charge in [0.15, 0.2) is 0 Å². The maximum Gasteiger partial charge on any atom is 0.0481 e. The van der Waals surface area contributed by atoms with Gasteiger partial charge < -0.3 is 9.88 Å². The minimum atomic E-state index is 0.960. The van der Waals surface area contributed by atoms with E-state index in [1.807, 2.05) is 11.8 Å². The standard InChI is InChI=1S/C13H18N2S/c1-15-10-11(9-14-7-8-16-2)12-5-3-4-6-13(12)15/h3-6,10,14H,7-9H2,1-2H3. The second-order valence-corrected chi connectivity index (χ2v) is 4.94. The Morgan fingerprint density at radius 1 is 1.31 bits per heavy atom. The molecule has 0 aliphatic heterocycles. The number of thioether (sulfide) groups is 1. The van der Waals surface area contributed by atoms with Crippen molar-refractivity contribution in [3.05, 3.63) is 36.0 Å². The van der Waals surface area contributed by atoms with E-state index in [0.29, 0.717) is 0 Å². The van der Waals surface area contributed by atoms with Gasteiger partial charge in [-0.1, -0.05) is 18.2 Å². The summed E-state index contributed by atoms with van der Waals surface area (Å²) in [4.78, 5) is 0. The van der Waals surface area contributed by atoms with Gasteiger partial charge in [0.1, 0.15) is 0 Å². The van der Waals surface area contributed by atoms with Crippen molar-refractivity contribution >= 4 is 22.7 Å². The fraction of sp³-hybridized carbons (Fsp3) is 0.385. The van der Waals surface area contributed by atoms with Crippen molar-refractivity contribution in [1.82, 2.24) is 9.88 Å². The monoisotopic (exact) mass is 234 g/mol. The zero-order valence-electron chi connectivity index (χ0n) is 9.86. The first-order valence-electron chi connectivity index (χ1n) is 5.55. The van der Waals surface area contributed by atoms with Gasteiger partial charge in [0.25, 0.3) is 0 Å². The molecule has 3 heteroatoms. The molecule has 0 saturated heterocycles. The summed E-state index contributed by atoms with van der Waals surface area (Å²) < 4.78 is 2.20. The number of aryl methyl sites for hydroxylation is 1. The molecule has 1 aromatic carbocycles. The molecule has 1 heterocycles. The summed E-state index contributed by atoms with van der Waals surface area (Å²) in [5, 5.41) is 4.84. The second kappa shape index (κ2) is 5.41. The van der Waals surface area contributed by atoms with Crippen molar-refractivity contribution < 1.29 is 0 Å². The number of nitrogens with zero attached hydrogens (tertiary/aromatic N) is 1. The largest absolute Gasteiger partial charge is 0.350 e. The first-order valence-corrected chi connectivity index (χ1v) is 6.95. The number of rotatable bonds is 5. The summed E-state index contributed by atoms with van der Waals surface area (Å²) in [7, 11) is 2.10. The topological polar surface area (TPSA) is 17.0 Å². The van der Waals surface area contributed by atoms with E-state index in [-0.39, 0.29) is 0 Å². The Morgan fingerprint density at radius 3 is 2.94 bits per heavy atom. The molecule has 0 spiro atoms. The zero-order valence-corrected chi connectivity index (χ0v) is 10.7. The van der Waals surface area contributed by atoms with E-state index in [9.17, 15) is 0 Å². The van der Waals surface area contributed by atoms with E-state index in [1.54, 1.807) is 0 Å². The number of hydrogen-bond donors (Lipinski definition) is 1. The molecule has 0 fully saturated rings. The van der Waals surface area contributed by atoms with Crippen molar-refractivity contribution in [3.8, 4) is 0 Å². The van der Waals surface area contributed by atoms with Gasteiger partial charge in [0, 0.05) is 43.0 Å². The Bertz CT molecular complexity index is 462. The Kier molecular flexibility index (Phi) is 3.91. The van der Waals surface area contributed by atoms with Crippen LogP contribution in [0.25, 0.3) is 10.9 Å².